The predicted molar refractivity (Wildman–Crippen MR) is 125 cm³/mol. The Morgan fingerprint density at radius 3 is 2.67 bits per heavy atom. The molecule has 1 aliphatic heterocycles. The molecule has 0 fully saturated rings. The highest BCUT2D eigenvalue weighted by Gasteiger charge is 2.50. The van der Waals surface area contributed by atoms with Crippen LogP contribution in [0.5, 0.6) is 0 Å². The molecule has 0 radical (unpaired) electrons. The summed E-state index contributed by atoms with van der Waals surface area (Å²) >= 11 is 12.3. The second-order valence-electron chi connectivity index (χ2n) is 7.39. The normalized spacial score (nSPS) is 17.3. The number of carbonyl (C=O) groups excluding carboxylic acids is 2. The highest BCUT2D eigenvalue weighted by molar-refractivity contribution is 6.42. The molecule has 2 heterocycles. The highest BCUT2D eigenvalue weighted by atomic mass is 35.5. The molecule has 33 heavy (non-hydrogen) atoms. The van der Waals surface area contributed by atoms with Crippen molar-refractivity contribution >= 4 is 57.9 Å². The Labute approximate surface area is 197 Å². The van der Waals surface area contributed by atoms with E-state index >= 15 is 0 Å². The molecule has 0 bridgehead atoms. The second kappa shape index (κ2) is 7.77. The molecule has 8 nitrogen and oxygen atoms in total. The summed E-state index contributed by atoms with van der Waals surface area (Å²) < 4.78 is 4.59. The van der Waals surface area contributed by atoms with E-state index in [1.54, 1.807) is 54.6 Å². The molecule has 166 valence electrons. The summed E-state index contributed by atoms with van der Waals surface area (Å²) in [5.41, 5.74) is 0.834. The molecule has 0 saturated carbocycles. The van der Waals surface area contributed by atoms with Crippen LogP contribution >= 0.6 is 23.2 Å². The van der Waals surface area contributed by atoms with E-state index in [0.29, 0.717) is 38.4 Å². The summed E-state index contributed by atoms with van der Waals surface area (Å²) in [4.78, 5) is 33.5. The first kappa shape index (κ1) is 21.3. The van der Waals surface area contributed by atoms with Crippen molar-refractivity contribution in [2.75, 3.05) is 17.3 Å². The van der Waals surface area contributed by atoms with Gasteiger partial charge in [-0.25, -0.2) is 9.78 Å². The first-order valence-electron chi connectivity index (χ1n) is 9.79. The lowest BCUT2D eigenvalue weighted by atomic mass is 9.93. The minimum Gasteiger partial charge on any atom is -0.453 e. The number of halogens is 2. The predicted octanol–water partition coefficient (Wildman–Crippen LogP) is 4.90. The van der Waals surface area contributed by atoms with Gasteiger partial charge < -0.3 is 14.8 Å². The number of methoxy groups -OCH3 is 1. The number of ether oxygens (including phenoxy) is 1. The fourth-order valence-corrected chi connectivity index (χ4v) is 4.30. The zero-order chi connectivity index (χ0) is 23.3. The van der Waals surface area contributed by atoms with Gasteiger partial charge in [0.1, 0.15) is 0 Å². The van der Waals surface area contributed by atoms with E-state index in [9.17, 15) is 14.7 Å². The van der Waals surface area contributed by atoms with Gasteiger partial charge >= 0.3 is 6.09 Å². The number of imidazole rings is 1. The number of aromatic nitrogens is 2. The summed E-state index contributed by atoms with van der Waals surface area (Å²) in [7, 11) is 1.25. The molecule has 0 spiro atoms. The maximum absolute atomic E-state index is 13.4. The number of fused-ring (bicyclic) bond motifs is 2. The summed E-state index contributed by atoms with van der Waals surface area (Å²) in [5.74, 6) is -0.200. The average molecular weight is 483 g/mol. The lowest BCUT2D eigenvalue weighted by Gasteiger charge is -2.35. The van der Waals surface area contributed by atoms with E-state index in [1.807, 2.05) is 0 Å². The molecule has 3 N–H and O–H groups in total. The Hall–Kier alpha value is -3.59. The van der Waals surface area contributed by atoms with Crippen LogP contribution in [0.15, 0.2) is 60.7 Å². The van der Waals surface area contributed by atoms with Gasteiger partial charge in [0.2, 0.25) is 5.95 Å². The maximum atomic E-state index is 13.4. The molecule has 10 heteroatoms. The first-order valence-corrected chi connectivity index (χ1v) is 10.5. The third kappa shape index (κ3) is 3.31. The van der Waals surface area contributed by atoms with E-state index in [2.05, 4.69) is 20.0 Å². The van der Waals surface area contributed by atoms with Gasteiger partial charge in [0.25, 0.3) is 5.91 Å². The van der Waals surface area contributed by atoms with Gasteiger partial charge in [0.15, 0.2) is 5.72 Å². The van der Waals surface area contributed by atoms with Crippen molar-refractivity contribution in [3.63, 3.8) is 0 Å². The number of aliphatic hydroxyl groups is 1. The highest BCUT2D eigenvalue weighted by Crippen LogP contribution is 2.46. The molecule has 4 aromatic rings. The third-order valence-electron chi connectivity index (χ3n) is 5.51. The standard InChI is InChI=1S/C23H16Cl2N4O4/c1-33-22(31)28-21-26-18-9-6-12(10-19(18)27-21)23(32)15-5-3-2-4-14(15)20(30)29(23)13-7-8-16(24)17(25)11-13/h2-11,32H,1H3,(H2,26,27,28,31). The van der Waals surface area contributed by atoms with Crippen LogP contribution in [0.3, 0.4) is 0 Å². The Bertz CT molecular complexity index is 1440. The largest absolute Gasteiger partial charge is 0.453 e. The Morgan fingerprint density at radius 2 is 1.91 bits per heavy atom. The fourth-order valence-electron chi connectivity index (χ4n) is 4.01. The summed E-state index contributed by atoms with van der Waals surface area (Å²) in [6, 6.07) is 16.6. The van der Waals surface area contributed by atoms with Crippen LogP contribution in [0.25, 0.3) is 11.0 Å². The number of hydrogen-bond acceptors (Lipinski definition) is 5. The van der Waals surface area contributed by atoms with Crippen molar-refractivity contribution in [2.24, 2.45) is 0 Å². The van der Waals surface area contributed by atoms with Crippen molar-refractivity contribution in [2.45, 2.75) is 5.72 Å². The van der Waals surface area contributed by atoms with Gasteiger partial charge in [-0.1, -0.05) is 47.5 Å². The lowest BCUT2D eigenvalue weighted by molar-refractivity contribution is 0.0704. The van der Waals surface area contributed by atoms with Crippen LogP contribution in [0, 0.1) is 0 Å². The number of carbonyl (C=O) groups is 2. The Kier molecular flexibility index (Phi) is 5.01. The molecule has 1 aliphatic rings. The Balaban J connectivity index is 1.68. The van der Waals surface area contributed by atoms with Crippen molar-refractivity contribution in [3.05, 3.63) is 87.4 Å². The van der Waals surface area contributed by atoms with Crippen molar-refractivity contribution in [1.82, 2.24) is 9.97 Å². The third-order valence-corrected chi connectivity index (χ3v) is 6.25. The zero-order valence-corrected chi connectivity index (χ0v) is 18.6. The van der Waals surface area contributed by atoms with Crippen LogP contribution in [0.1, 0.15) is 21.5 Å². The number of benzene rings is 3. The molecule has 0 saturated heterocycles. The number of hydrogen-bond donors (Lipinski definition) is 3. The van der Waals surface area contributed by atoms with Gasteiger partial charge in [0.05, 0.1) is 28.2 Å². The number of anilines is 2. The number of nitrogens with zero attached hydrogens (tertiary/aromatic N) is 2. The zero-order valence-electron chi connectivity index (χ0n) is 17.1. The topological polar surface area (TPSA) is 108 Å². The number of nitrogens with one attached hydrogen (secondary N) is 2. The first-order chi connectivity index (χ1) is 15.8. The minimum atomic E-state index is -1.83. The quantitative estimate of drug-likeness (QED) is 0.384. The van der Waals surface area contributed by atoms with E-state index in [0.717, 1.165) is 0 Å². The molecular formula is C23H16Cl2N4O4. The molecule has 1 atom stereocenters. The van der Waals surface area contributed by atoms with Crippen LogP contribution in [-0.2, 0) is 10.5 Å². The summed E-state index contributed by atoms with van der Waals surface area (Å²) in [6.07, 6.45) is -0.672. The smallest absolute Gasteiger partial charge is 0.413 e. The second-order valence-corrected chi connectivity index (χ2v) is 8.21. The van der Waals surface area contributed by atoms with Crippen molar-refractivity contribution < 1.29 is 19.4 Å². The summed E-state index contributed by atoms with van der Waals surface area (Å²) in [5, 5.41) is 15.2. The number of H-pyrrole nitrogens is 1. The van der Waals surface area contributed by atoms with Gasteiger partial charge in [-0.15, -0.1) is 0 Å². The molecule has 3 aromatic carbocycles. The van der Waals surface area contributed by atoms with Crippen LogP contribution in [0.4, 0.5) is 16.4 Å². The van der Waals surface area contributed by atoms with Gasteiger partial charge in [-0.2, -0.15) is 0 Å². The van der Waals surface area contributed by atoms with E-state index in [4.69, 9.17) is 23.2 Å². The molecule has 5 rings (SSSR count). The van der Waals surface area contributed by atoms with Gasteiger partial charge in [-0.3, -0.25) is 15.0 Å². The minimum absolute atomic E-state index is 0.185. The van der Waals surface area contributed by atoms with Crippen molar-refractivity contribution in [1.29, 1.82) is 0 Å². The van der Waals surface area contributed by atoms with E-state index in [-0.39, 0.29) is 16.9 Å². The van der Waals surface area contributed by atoms with E-state index in [1.165, 1.54) is 18.1 Å². The molecule has 1 aromatic heterocycles. The van der Waals surface area contributed by atoms with Crippen LogP contribution < -0.4 is 10.2 Å². The maximum Gasteiger partial charge on any atom is 0.413 e. The van der Waals surface area contributed by atoms with Crippen LogP contribution in [0.2, 0.25) is 10.0 Å². The van der Waals surface area contributed by atoms with E-state index < -0.39 is 11.8 Å². The lowest BCUT2D eigenvalue weighted by Crippen LogP contribution is -2.45. The SMILES string of the molecule is COC(=O)Nc1nc2ccc(C3(O)c4ccccc4C(=O)N3c3ccc(Cl)c(Cl)c3)cc2[nH]1. The average Bonchev–Trinajstić information content (AvgIpc) is 3.32. The van der Waals surface area contributed by atoms with Gasteiger partial charge in [0, 0.05) is 22.4 Å². The number of rotatable bonds is 3. The van der Waals surface area contributed by atoms with Gasteiger partial charge in [-0.05, 0) is 36.4 Å². The fraction of sp³-hybridized carbons (Fsp3) is 0.0870. The molecular weight excluding hydrogens is 467 g/mol. The number of aromatic amines is 1. The van der Waals surface area contributed by atoms with Crippen LogP contribution in [-0.4, -0.2) is 34.2 Å². The molecule has 2 amide bonds. The monoisotopic (exact) mass is 482 g/mol. The number of amides is 2. The summed E-state index contributed by atoms with van der Waals surface area (Å²) in [6.45, 7) is 0. The molecule has 0 aliphatic carbocycles. The molecule has 1 unspecified atom stereocenters. The van der Waals surface area contributed by atoms with Crippen molar-refractivity contribution in [3.8, 4) is 0 Å². The Morgan fingerprint density at radius 1 is 1.12 bits per heavy atom.